The lowest BCUT2D eigenvalue weighted by Crippen LogP contribution is -1.76. The van der Waals surface area contributed by atoms with Crippen molar-refractivity contribution in [2.45, 2.75) is 0 Å². The minimum atomic E-state index is 0.964. The summed E-state index contributed by atoms with van der Waals surface area (Å²) in [5.41, 5.74) is 5.95. The van der Waals surface area contributed by atoms with E-state index in [-0.39, 0.29) is 0 Å². The van der Waals surface area contributed by atoms with Crippen molar-refractivity contribution in [1.29, 1.82) is 0 Å². The first-order valence-electron chi connectivity index (χ1n) is 6.58. The van der Waals surface area contributed by atoms with E-state index in [0.717, 1.165) is 12.4 Å². The topological polar surface area (TPSA) is 0 Å². The minimum Gasteiger partial charge on any atom is -0.0622 e. The average molecular weight is 546 g/mol. The Bertz CT molecular complexity index is 732. The molecule has 110 valence electrons. The largest absolute Gasteiger partial charge is 0.0689 e. The van der Waals surface area contributed by atoms with Crippen molar-refractivity contribution >= 4 is 72.7 Å². The zero-order valence-corrected chi connectivity index (χ0v) is 17.6. The van der Waals surface area contributed by atoms with Crippen LogP contribution in [-0.2, 0) is 0 Å². The standard InChI is InChI=1S/C18H10Br4/c19-16(11-7-3-1-4-8-11)13-14(15(13)18(21)22)17(20)12-9-5-2-6-10-12/h1-10H/b16-13-,17-14+. The summed E-state index contributed by atoms with van der Waals surface area (Å²) < 4.78 is 3.16. The number of benzene rings is 2. The van der Waals surface area contributed by atoms with Crippen molar-refractivity contribution < 1.29 is 0 Å². The Balaban J connectivity index is 2.16. The summed E-state index contributed by atoms with van der Waals surface area (Å²) in [7, 11) is 0. The van der Waals surface area contributed by atoms with Crippen LogP contribution < -0.4 is 0 Å². The molecule has 1 saturated carbocycles. The highest BCUT2D eigenvalue weighted by Crippen LogP contribution is 2.58. The molecule has 0 radical (unpaired) electrons. The van der Waals surface area contributed by atoms with Gasteiger partial charge in [0.05, 0.1) is 3.39 Å². The third kappa shape index (κ3) is 3.25. The van der Waals surface area contributed by atoms with Gasteiger partial charge in [-0.2, -0.15) is 0 Å². The molecule has 1 aliphatic rings. The highest BCUT2D eigenvalue weighted by molar-refractivity contribution is 9.28. The molecule has 0 amide bonds. The van der Waals surface area contributed by atoms with E-state index < -0.39 is 0 Å². The Hall–Kier alpha value is -0.420. The van der Waals surface area contributed by atoms with Crippen molar-refractivity contribution in [2.75, 3.05) is 0 Å². The number of hydrogen-bond acceptors (Lipinski definition) is 0. The smallest absolute Gasteiger partial charge is 0.0622 e. The molecule has 1 aliphatic carbocycles. The molecule has 0 saturated heterocycles. The summed E-state index contributed by atoms with van der Waals surface area (Å²) in [6.45, 7) is 0. The summed E-state index contributed by atoms with van der Waals surface area (Å²) in [5.74, 6) is 0. The minimum absolute atomic E-state index is 0.964. The molecule has 0 unspecified atom stereocenters. The van der Waals surface area contributed by atoms with Crippen molar-refractivity contribution in [2.24, 2.45) is 0 Å². The molecule has 0 aliphatic heterocycles. The van der Waals surface area contributed by atoms with E-state index in [1.807, 2.05) is 36.4 Å². The molecule has 0 spiro atoms. The van der Waals surface area contributed by atoms with Gasteiger partial charge in [0.25, 0.3) is 0 Å². The summed E-state index contributed by atoms with van der Waals surface area (Å²) >= 11 is 14.6. The van der Waals surface area contributed by atoms with E-state index in [2.05, 4.69) is 88.0 Å². The molecule has 0 bridgehead atoms. The molecule has 2 aromatic rings. The van der Waals surface area contributed by atoms with Gasteiger partial charge >= 0.3 is 0 Å². The van der Waals surface area contributed by atoms with E-state index in [1.165, 1.54) is 27.8 Å². The number of hydrogen-bond donors (Lipinski definition) is 0. The van der Waals surface area contributed by atoms with Gasteiger partial charge in [-0.1, -0.05) is 60.7 Å². The van der Waals surface area contributed by atoms with Crippen molar-refractivity contribution in [1.82, 2.24) is 0 Å². The van der Waals surface area contributed by atoms with Gasteiger partial charge in [-0.15, -0.1) is 0 Å². The van der Waals surface area contributed by atoms with Crippen LogP contribution in [0.1, 0.15) is 11.1 Å². The Morgan fingerprint density at radius 1 is 0.500 bits per heavy atom. The van der Waals surface area contributed by atoms with Gasteiger partial charge in [-0.25, -0.2) is 0 Å². The van der Waals surface area contributed by atoms with Gasteiger partial charge in [-0.05, 0) is 74.8 Å². The van der Waals surface area contributed by atoms with Crippen LogP contribution in [0.3, 0.4) is 0 Å². The molecule has 2 aromatic carbocycles. The van der Waals surface area contributed by atoms with Gasteiger partial charge in [0.2, 0.25) is 0 Å². The van der Waals surface area contributed by atoms with Gasteiger partial charge < -0.3 is 0 Å². The van der Waals surface area contributed by atoms with Crippen LogP contribution in [0.25, 0.3) is 8.96 Å². The molecule has 1 fully saturated rings. The van der Waals surface area contributed by atoms with E-state index in [9.17, 15) is 0 Å². The van der Waals surface area contributed by atoms with Crippen LogP contribution in [0.15, 0.2) is 80.8 Å². The van der Waals surface area contributed by atoms with Crippen LogP contribution in [0.4, 0.5) is 0 Å². The Morgan fingerprint density at radius 2 is 0.864 bits per heavy atom. The quantitative estimate of drug-likeness (QED) is 0.364. The monoisotopic (exact) mass is 542 g/mol. The zero-order valence-electron chi connectivity index (χ0n) is 11.3. The second-order valence-electron chi connectivity index (χ2n) is 4.75. The fraction of sp³-hybridized carbons (Fsp3) is 0. The third-order valence-electron chi connectivity index (χ3n) is 3.37. The molecule has 0 heterocycles. The molecule has 22 heavy (non-hydrogen) atoms. The molecule has 3 rings (SSSR count). The van der Waals surface area contributed by atoms with Crippen LogP contribution in [-0.4, -0.2) is 0 Å². The maximum Gasteiger partial charge on any atom is 0.0689 e. The Morgan fingerprint density at radius 3 is 1.18 bits per heavy atom. The van der Waals surface area contributed by atoms with Crippen molar-refractivity contribution in [3.63, 3.8) is 0 Å². The van der Waals surface area contributed by atoms with Crippen molar-refractivity contribution in [3.05, 3.63) is 91.9 Å². The fourth-order valence-corrected chi connectivity index (χ4v) is 4.39. The molecular formula is C18H10Br4. The highest BCUT2D eigenvalue weighted by atomic mass is 79.9. The maximum atomic E-state index is 3.75. The normalized spacial score (nSPS) is 18.1. The predicted molar refractivity (Wildman–Crippen MR) is 109 cm³/mol. The first-order valence-corrected chi connectivity index (χ1v) is 9.75. The van der Waals surface area contributed by atoms with E-state index in [4.69, 9.17) is 0 Å². The lowest BCUT2D eigenvalue weighted by molar-refractivity contribution is 1.64. The third-order valence-corrected chi connectivity index (χ3v) is 5.87. The summed E-state index contributed by atoms with van der Waals surface area (Å²) in [6.07, 6.45) is 0. The van der Waals surface area contributed by atoms with Crippen molar-refractivity contribution in [3.8, 4) is 0 Å². The average Bonchev–Trinajstić information content (AvgIpc) is 3.31. The number of halogens is 4. The fourth-order valence-electron chi connectivity index (χ4n) is 2.27. The van der Waals surface area contributed by atoms with E-state index in [1.54, 1.807) is 0 Å². The summed E-state index contributed by atoms with van der Waals surface area (Å²) in [6, 6.07) is 20.6. The lowest BCUT2D eigenvalue weighted by atomic mass is 10.2. The molecule has 0 atom stereocenters. The Labute approximate surface area is 163 Å². The van der Waals surface area contributed by atoms with Crippen LogP contribution in [0, 0.1) is 0 Å². The molecule has 0 nitrogen and oxygen atoms in total. The second kappa shape index (κ2) is 7.00. The van der Waals surface area contributed by atoms with E-state index in [0.29, 0.717) is 0 Å². The second-order valence-corrected chi connectivity index (χ2v) is 8.98. The number of allylic oxidation sites excluding steroid dienone is 3. The molecular weight excluding hydrogens is 536 g/mol. The first kappa shape index (κ1) is 16.4. The maximum absolute atomic E-state index is 3.75. The van der Waals surface area contributed by atoms with Gasteiger partial charge in [0.15, 0.2) is 0 Å². The molecule has 4 heteroatoms. The van der Waals surface area contributed by atoms with Gasteiger partial charge in [0.1, 0.15) is 0 Å². The van der Waals surface area contributed by atoms with E-state index >= 15 is 0 Å². The summed E-state index contributed by atoms with van der Waals surface area (Å²) in [5, 5.41) is 0. The van der Waals surface area contributed by atoms with Crippen LogP contribution in [0.2, 0.25) is 0 Å². The first-order chi connectivity index (χ1) is 10.6. The lowest BCUT2D eigenvalue weighted by Gasteiger charge is -1.98. The molecule has 0 aromatic heterocycles. The predicted octanol–water partition coefficient (Wildman–Crippen LogP) is 7.61. The summed E-state index contributed by atoms with van der Waals surface area (Å²) in [4.78, 5) is 0. The van der Waals surface area contributed by atoms with Crippen LogP contribution >= 0.6 is 63.7 Å². The molecule has 0 N–H and O–H groups in total. The zero-order chi connectivity index (χ0) is 15.7. The van der Waals surface area contributed by atoms with Gasteiger partial charge in [-0.3, -0.25) is 0 Å². The Kier molecular flexibility index (Phi) is 5.23. The van der Waals surface area contributed by atoms with Gasteiger partial charge in [0, 0.05) is 25.7 Å². The highest BCUT2D eigenvalue weighted by Gasteiger charge is 2.38. The number of rotatable bonds is 2. The SMILES string of the molecule is BrC(Br)=C1C(=C(\Br)c2ccccc2)/C1=C(\Br)c1ccccc1. The van der Waals surface area contributed by atoms with Crippen LogP contribution in [0.5, 0.6) is 0 Å².